The number of nitrogens with one attached hydrogen (secondary N) is 1. The number of benzene rings is 1. The maximum Gasteiger partial charge on any atom is 0.306 e. The second-order valence-electron chi connectivity index (χ2n) is 5.19. The highest BCUT2D eigenvalue weighted by atomic mass is 19.1. The summed E-state index contributed by atoms with van der Waals surface area (Å²) in [6.07, 6.45) is 3.17. The van der Waals surface area contributed by atoms with Gasteiger partial charge in [-0.05, 0) is 37.0 Å². The Bertz CT molecular complexity index is 539. The number of aliphatic carboxylic acids is 1. The van der Waals surface area contributed by atoms with Crippen molar-refractivity contribution in [3.63, 3.8) is 0 Å². The summed E-state index contributed by atoms with van der Waals surface area (Å²) < 4.78 is 13.0. The summed E-state index contributed by atoms with van der Waals surface area (Å²) >= 11 is 0. The van der Waals surface area contributed by atoms with E-state index in [0.717, 1.165) is 24.8 Å². The lowest BCUT2D eigenvalue weighted by Crippen LogP contribution is -2.36. The maximum atomic E-state index is 13.0. The Balaban J connectivity index is 1.95. The molecule has 2 atom stereocenters. The van der Waals surface area contributed by atoms with Crippen LogP contribution >= 0.6 is 0 Å². The quantitative estimate of drug-likeness (QED) is 0.885. The van der Waals surface area contributed by atoms with Gasteiger partial charge in [0, 0.05) is 12.6 Å². The summed E-state index contributed by atoms with van der Waals surface area (Å²) in [4.78, 5) is 11.0. The van der Waals surface area contributed by atoms with Crippen LogP contribution in [0.15, 0.2) is 18.2 Å². The summed E-state index contributed by atoms with van der Waals surface area (Å²) in [6.45, 7) is 0.459. The van der Waals surface area contributed by atoms with Crippen LogP contribution in [0.4, 0.5) is 4.39 Å². The molecule has 2 unspecified atom stereocenters. The number of nitrogens with zero attached hydrogens (tertiary/aromatic N) is 1. The predicted octanol–water partition coefficient (Wildman–Crippen LogP) is 2.43. The van der Waals surface area contributed by atoms with E-state index < -0.39 is 11.8 Å². The minimum Gasteiger partial charge on any atom is -0.481 e. The summed E-state index contributed by atoms with van der Waals surface area (Å²) in [6, 6.07) is 6.27. The molecule has 1 fully saturated rings. The van der Waals surface area contributed by atoms with Gasteiger partial charge >= 0.3 is 5.97 Å². The molecule has 4 nitrogen and oxygen atoms in total. The first-order valence-electron chi connectivity index (χ1n) is 6.75. The van der Waals surface area contributed by atoms with Crippen LogP contribution in [0, 0.1) is 23.1 Å². The van der Waals surface area contributed by atoms with Crippen LogP contribution in [0.1, 0.15) is 36.8 Å². The van der Waals surface area contributed by atoms with Gasteiger partial charge in [0.2, 0.25) is 0 Å². The summed E-state index contributed by atoms with van der Waals surface area (Å²) in [5, 5.41) is 21.3. The van der Waals surface area contributed by atoms with Crippen molar-refractivity contribution in [1.82, 2.24) is 5.32 Å². The first kappa shape index (κ1) is 14.5. The topological polar surface area (TPSA) is 73.1 Å². The first-order chi connectivity index (χ1) is 9.60. The Kier molecular flexibility index (Phi) is 4.70. The Hall–Kier alpha value is -1.93. The molecule has 2 rings (SSSR count). The number of rotatable bonds is 4. The molecule has 0 heterocycles. The van der Waals surface area contributed by atoms with E-state index in [4.69, 9.17) is 10.4 Å². The highest BCUT2D eigenvalue weighted by Crippen LogP contribution is 2.24. The van der Waals surface area contributed by atoms with Crippen LogP contribution in [0.2, 0.25) is 0 Å². The van der Waals surface area contributed by atoms with E-state index in [-0.39, 0.29) is 12.0 Å². The van der Waals surface area contributed by atoms with Crippen molar-refractivity contribution in [2.45, 2.75) is 38.3 Å². The number of halogens is 1. The lowest BCUT2D eigenvalue weighted by Gasteiger charge is -2.27. The van der Waals surface area contributed by atoms with E-state index in [0.29, 0.717) is 18.5 Å². The Morgan fingerprint density at radius 2 is 2.30 bits per heavy atom. The molecular weight excluding hydrogens is 259 g/mol. The number of hydrogen-bond donors (Lipinski definition) is 2. The Morgan fingerprint density at radius 3 is 3.00 bits per heavy atom. The second-order valence-corrected chi connectivity index (χ2v) is 5.19. The summed E-state index contributed by atoms with van der Waals surface area (Å²) in [5.41, 5.74) is 1.06. The van der Waals surface area contributed by atoms with Gasteiger partial charge in [-0.25, -0.2) is 4.39 Å². The fourth-order valence-electron chi connectivity index (χ4n) is 2.66. The first-order valence-corrected chi connectivity index (χ1v) is 6.75. The highest BCUT2D eigenvalue weighted by molar-refractivity contribution is 5.70. The third-order valence-electron chi connectivity index (χ3n) is 3.80. The normalized spacial score (nSPS) is 22.2. The zero-order valence-electron chi connectivity index (χ0n) is 11.1. The molecule has 0 amide bonds. The van der Waals surface area contributed by atoms with Crippen LogP contribution in [0.25, 0.3) is 0 Å². The van der Waals surface area contributed by atoms with E-state index in [1.54, 1.807) is 6.07 Å². The van der Waals surface area contributed by atoms with Crippen molar-refractivity contribution in [2.75, 3.05) is 0 Å². The minimum absolute atomic E-state index is 0.140. The third-order valence-corrected chi connectivity index (χ3v) is 3.80. The van der Waals surface area contributed by atoms with Gasteiger partial charge < -0.3 is 10.4 Å². The fourth-order valence-corrected chi connectivity index (χ4v) is 2.66. The number of carbonyl (C=O) groups is 1. The number of carboxylic acid groups (broad SMARTS) is 1. The molecule has 2 N–H and O–H groups in total. The molecule has 0 radical (unpaired) electrons. The second kappa shape index (κ2) is 6.49. The van der Waals surface area contributed by atoms with Crippen molar-refractivity contribution >= 4 is 5.97 Å². The van der Waals surface area contributed by atoms with Gasteiger partial charge in [0.05, 0.1) is 17.6 Å². The zero-order chi connectivity index (χ0) is 14.5. The van der Waals surface area contributed by atoms with E-state index in [1.165, 1.54) is 12.1 Å². The molecular formula is C15H17FN2O2. The third kappa shape index (κ3) is 3.55. The number of nitriles is 1. The van der Waals surface area contributed by atoms with Gasteiger partial charge in [0.15, 0.2) is 0 Å². The molecule has 1 aliphatic carbocycles. The van der Waals surface area contributed by atoms with Crippen LogP contribution in [-0.2, 0) is 11.3 Å². The smallest absolute Gasteiger partial charge is 0.306 e. The van der Waals surface area contributed by atoms with Gasteiger partial charge in [0.25, 0.3) is 0 Å². The zero-order valence-corrected chi connectivity index (χ0v) is 11.1. The average molecular weight is 276 g/mol. The highest BCUT2D eigenvalue weighted by Gasteiger charge is 2.26. The van der Waals surface area contributed by atoms with E-state index >= 15 is 0 Å². The molecule has 5 heteroatoms. The van der Waals surface area contributed by atoms with Crippen molar-refractivity contribution in [1.29, 1.82) is 5.26 Å². The largest absolute Gasteiger partial charge is 0.481 e. The lowest BCUT2D eigenvalue weighted by molar-refractivity contribution is -0.143. The average Bonchev–Trinajstić information content (AvgIpc) is 2.46. The minimum atomic E-state index is -0.740. The lowest BCUT2D eigenvalue weighted by atomic mass is 9.85. The van der Waals surface area contributed by atoms with E-state index in [2.05, 4.69) is 5.32 Å². The SMILES string of the molecule is N#Cc1cc(F)ccc1CNC1CCCC(C(=O)O)C1. The molecule has 1 aromatic carbocycles. The van der Waals surface area contributed by atoms with Crippen molar-refractivity contribution < 1.29 is 14.3 Å². The van der Waals surface area contributed by atoms with Crippen LogP contribution in [-0.4, -0.2) is 17.1 Å². The van der Waals surface area contributed by atoms with Crippen LogP contribution in [0.3, 0.4) is 0 Å². The molecule has 1 saturated carbocycles. The molecule has 1 aliphatic rings. The molecule has 0 aromatic heterocycles. The van der Waals surface area contributed by atoms with Gasteiger partial charge in [-0.2, -0.15) is 5.26 Å². The van der Waals surface area contributed by atoms with Gasteiger partial charge in [-0.15, -0.1) is 0 Å². The van der Waals surface area contributed by atoms with Crippen LogP contribution < -0.4 is 5.32 Å². The molecule has 0 spiro atoms. The van der Waals surface area contributed by atoms with Crippen LogP contribution in [0.5, 0.6) is 0 Å². The fraction of sp³-hybridized carbons (Fsp3) is 0.467. The molecule has 0 bridgehead atoms. The van der Waals surface area contributed by atoms with Gasteiger partial charge in [-0.1, -0.05) is 12.5 Å². The molecule has 20 heavy (non-hydrogen) atoms. The summed E-state index contributed by atoms with van der Waals surface area (Å²) in [7, 11) is 0. The standard InChI is InChI=1S/C15H17FN2O2/c16-13-5-4-11(12(6-13)8-17)9-18-14-3-1-2-10(7-14)15(19)20/h4-6,10,14,18H,1-3,7,9H2,(H,19,20). The maximum absolute atomic E-state index is 13.0. The summed E-state index contributed by atoms with van der Waals surface area (Å²) in [5.74, 6) is -1.45. The molecule has 0 saturated heterocycles. The Morgan fingerprint density at radius 1 is 1.50 bits per heavy atom. The number of hydrogen-bond acceptors (Lipinski definition) is 3. The molecule has 106 valence electrons. The van der Waals surface area contributed by atoms with Crippen molar-refractivity contribution in [2.24, 2.45) is 5.92 Å². The van der Waals surface area contributed by atoms with Crippen molar-refractivity contribution in [3.05, 3.63) is 35.1 Å². The predicted molar refractivity (Wildman–Crippen MR) is 71.3 cm³/mol. The van der Waals surface area contributed by atoms with E-state index in [9.17, 15) is 9.18 Å². The Labute approximate surface area is 117 Å². The number of carboxylic acids is 1. The molecule has 0 aliphatic heterocycles. The van der Waals surface area contributed by atoms with Crippen molar-refractivity contribution in [3.8, 4) is 6.07 Å². The monoisotopic (exact) mass is 276 g/mol. The van der Waals surface area contributed by atoms with Gasteiger partial charge in [0.1, 0.15) is 5.82 Å². The van der Waals surface area contributed by atoms with Gasteiger partial charge in [-0.3, -0.25) is 4.79 Å². The van der Waals surface area contributed by atoms with E-state index in [1.807, 2.05) is 6.07 Å². The molecule has 1 aromatic rings.